The molecular formula is C9H14ClN2. The molecule has 0 unspecified atom stereocenters. The van der Waals surface area contributed by atoms with Crippen molar-refractivity contribution in [2.75, 3.05) is 6.54 Å². The number of unbranched alkanes of at least 4 members (excludes halogenated alkanes) is 1. The summed E-state index contributed by atoms with van der Waals surface area (Å²) in [5.74, 6) is 0. The van der Waals surface area contributed by atoms with Crippen molar-refractivity contribution in [1.82, 2.24) is 4.98 Å². The maximum absolute atomic E-state index is 5.34. The maximum Gasteiger partial charge on any atom is 0.0406 e. The summed E-state index contributed by atoms with van der Waals surface area (Å²) in [7, 11) is 0. The van der Waals surface area contributed by atoms with Crippen LogP contribution in [0.5, 0.6) is 0 Å². The van der Waals surface area contributed by atoms with Crippen LogP contribution in [0.15, 0.2) is 24.4 Å². The second kappa shape index (κ2) is 7.07. The molecule has 12 heavy (non-hydrogen) atoms. The lowest BCUT2D eigenvalue weighted by Gasteiger charge is -1.96. The van der Waals surface area contributed by atoms with Crippen LogP contribution in [0.2, 0.25) is 0 Å². The molecule has 0 atom stereocenters. The van der Waals surface area contributed by atoms with E-state index in [-0.39, 0.29) is 12.4 Å². The van der Waals surface area contributed by atoms with E-state index < -0.39 is 0 Å². The van der Waals surface area contributed by atoms with Gasteiger partial charge in [-0.2, -0.15) is 0 Å². The van der Waals surface area contributed by atoms with Gasteiger partial charge in [0.1, 0.15) is 0 Å². The molecule has 1 heterocycles. The average Bonchev–Trinajstić information content (AvgIpc) is 2.07. The number of hydrogen-bond acceptors (Lipinski definition) is 2. The van der Waals surface area contributed by atoms with Crippen LogP contribution in [0.1, 0.15) is 12.1 Å². The van der Waals surface area contributed by atoms with Gasteiger partial charge in [0.25, 0.3) is 0 Å². The Morgan fingerprint density at radius 1 is 1.42 bits per heavy atom. The van der Waals surface area contributed by atoms with Crippen LogP contribution in [0.3, 0.4) is 0 Å². The summed E-state index contributed by atoms with van der Waals surface area (Å²) in [6, 6.07) is 5.94. The van der Waals surface area contributed by atoms with Crippen LogP contribution < -0.4 is 5.73 Å². The number of halogens is 1. The van der Waals surface area contributed by atoms with Crippen LogP contribution >= 0.6 is 12.4 Å². The van der Waals surface area contributed by atoms with Gasteiger partial charge in [0, 0.05) is 11.9 Å². The molecule has 0 bridgehead atoms. The van der Waals surface area contributed by atoms with Crippen LogP contribution in [0, 0.1) is 6.42 Å². The lowest BCUT2D eigenvalue weighted by atomic mass is 10.2. The molecule has 1 aromatic heterocycles. The smallest absolute Gasteiger partial charge is 0.0406 e. The van der Waals surface area contributed by atoms with Gasteiger partial charge >= 0.3 is 0 Å². The molecule has 0 aliphatic carbocycles. The van der Waals surface area contributed by atoms with E-state index in [0.29, 0.717) is 0 Å². The van der Waals surface area contributed by atoms with E-state index in [0.717, 1.165) is 25.1 Å². The molecule has 67 valence electrons. The Morgan fingerprint density at radius 3 is 2.83 bits per heavy atom. The molecule has 3 heteroatoms. The third-order valence-electron chi connectivity index (χ3n) is 1.45. The molecule has 2 nitrogen and oxygen atoms in total. The largest absolute Gasteiger partial charge is 0.330 e. The fourth-order valence-electron chi connectivity index (χ4n) is 0.887. The van der Waals surface area contributed by atoms with Crippen molar-refractivity contribution < 1.29 is 0 Å². The first-order valence-corrected chi connectivity index (χ1v) is 3.85. The second-order valence-corrected chi connectivity index (χ2v) is 2.39. The third kappa shape index (κ3) is 4.31. The summed E-state index contributed by atoms with van der Waals surface area (Å²) >= 11 is 0. The summed E-state index contributed by atoms with van der Waals surface area (Å²) in [5, 5.41) is 0. The van der Waals surface area contributed by atoms with Crippen LogP contribution in [0.25, 0.3) is 0 Å². The average molecular weight is 186 g/mol. The first-order valence-electron chi connectivity index (χ1n) is 3.85. The van der Waals surface area contributed by atoms with Crippen LogP contribution in [-0.2, 0) is 6.42 Å². The second-order valence-electron chi connectivity index (χ2n) is 2.39. The van der Waals surface area contributed by atoms with E-state index >= 15 is 0 Å². The van der Waals surface area contributed by atoms with Gasteiger partial charge in [0.2, 0.25) is 0 Å². The molecule has 1 rings (SSSR count). The zero-order valence-corrected chi connectivity index (χ0v) is 7.76. The molecule has 0 aliphatic rings. The van der Waals surface area contributed by atoms with Gasteiger partial charge in [-0.25, -0.2) is 0 Å². The van der Waals surface area contributed by atoms with Crippen molar-refractivity contribution in [3.05, 3.63) is 36.5 Å². The topological polar surface area (TPSA) is 38.9 Å². The minimum atomic E-state index is 0. The van der Waals surface area contributed by atoms with Gasteiger partial charge in [0.15, 0.2) is 0 Å². The van der Waals surface area contributed by atoms with Gasteiger partial charge in [-0.05, 0) is 37.9 Å². The third-order valence-corrected chi connectivity index (χ3v) is 1.45. The summed E-state index contributed by atoms with van der Waals surface area (Å²) in [6.07, 6.45) is 5.86. The molecule has 1 aromatic rings. The van der Waals surface area contributed by atoms with Crippen LogP contribution in [0.4, 0.5) is 0 Å². The van der Waals surface area contributed by atoms with Gasteiger partial charge in [-0.3, -0.25) is 4.98 Å². The zero-order chi connectivity index (χ0) is 7.94. The summed E-state index contributed by atoms with van der Waals surface area (Å²) in [5.41, 5.74) is 6.45. The number of hydrogen-bond donors (Lipinski definition) is 1. The minimum absolute atomic E-state index is 0. The van der Waals surface area contributed by atoms with Crippen molar-refractivity contribution in [2.45, 2.75) is 12.8 Å². The van der Waals surface area contributed by atoms with Crippen molar-refractivity contribution >= 4 is 12.4 Å². The standard InChI is InChI=1S/C9H13N2.ClH/c10-7-3-1-5-9-6-2-4-8-11-9;/h1-2,4,6,8H,3,5,7,10H2;1H. The molecule has 0 fully saturated rings. The minimum Gasteiger partial charge on any atom is -0.330 e. The Balaban J connectivity index is 0.00000121. The highest BCUT2D eigenvalue weighted by Crippen LogP contribution is 1.98. The fraction of sp³-hybridized carbons (Fsp3) is 0.333. The molecule has 2 N–H and O–H groups in total. The molecule has 0 aromatic carbocycles. The molecular weight excluding hydrogens is 172 g/mol. The molecule has 1 radical (unpaired) electrons. The van der Waals surface area contributed by atoms with E-state index in [4.69, 9.17) is 5.73 Å². The normalized spacial score (nSPS) is 9.08. The van der Waals surface area contributed by atoms with E-state index in [1.54, 1.807) is 0 Å². The number of nitrogens with two attached hydrogens (primary N) is 1. The van der Waals surface area contributed by atoms with Crippen molar-refractivity contribution in [3.63, 3.8) is 0 Å². The number of aromatic nitrogens is 1. The number of nitrogens with zero attached hydrogens (tertiary/aromatic N) is 1. The predicted octanol–water partition coefficient (Wildman–Crippen LogP) is 1.60. The number of pyridine rings is 1. The highest BCUT2D eigenvalue weighted by molar-refractivity contribution is 5.85. The fourth-order valence-corrected chi connectivity index (χ4v) is 0.887. The molecule has 0 amide bonds. The zero-order valence-electron chi connectivity index (χ0n) is 6.94. The Kier molecular flexibility index (Phi) is 6.72. The summed E-state index contributed by atoms with van der Waals surface area (Å²) < 4.78 is 0. The number of rotatable bonds is 4. The lowest BCUT2D eigenvalue weighted by Crippen LogP contribution is -2.00. The van der Waals surface area contributed by atoms with Crippen molar-refractivity contribution in [2.24, 2.45) is 5.73 Å². The van der Waals surface area contributed by atoms with Gasteiger partial charge < -0.3 is 5.73 Å². The monoisotopic (exact) mass is 185 g/mol. The molecule has 0 saturated carbocycles. The quantitative estimate of drug-likeness (QED) is 0.724. The van der Waals surface area contributed by atoms with Crippen molar-refractivity contribution in [3.8, 4) is 0 Å². The van der Waals surface area contributed by atoms with E-state index in [9.17, 15) is 0 Å². The molecule has 0 spiro atoms. The van der Waals surface area contributed by atoms with E-state index in [1.165, 1.54) is 0 Å². The maximum atomic E-state index is 5.34. The first-order chi connectivity index (χ1) is 5.43. The van der Waals surface area contributed by atoms with Crippen molar-refractivity contribution in [1.29, 1.82) is 0 Å². The Bertz CT molecular complexity index is 189. The van der Waals surface area contributed by atoms with E-state index in [1.807, 2.05) is 24.4 Å². The molecule has 0 aliphatic heterocycles. The summed E-state index contributed by atoms with van der Waals surface area (Å²) in [4.78, 5) is 4.18. The first kappa shape index (κ1) is 11.4. The predicted molar refractivity (Wildman–Crippen MR) is 53.2 cm³/mol. The van der Waals surface area contributed by atoms with Gasteiger partial charge in [-0.1, -0.05) is 6.07 Å². The van der Waals surface area contributed by atoms with Gasteiger partial charge in [0.05, 0.1) is 0 Å². The SMILES string of the molecule is Cl.NCC[CH]Cc1ccccn1. The highest BCUT2D eigenvalue weighted by Gasteiger charge is 1.91. The Hall–Kier alpha value is -0.600. The van der Waals surface area contributed by atoms with Crippen LogP contribution in [-0.4, -0.2) is 11.5 Å². The molecule has 0 saturated heterocycles. The van der Waals surface area contributed by atoms with Gasteiger partial charge in [-0.15, -0.1) is 12.4 Å². The Morgan fingerprint density at radius 2 is 2.25 bits per heavy atom. The Labute approximate surface area is 79.6 Å². The van der Waals surface area contributed by atoms with E-state index in [2.05, 4.69) is 11.4 Å². The summed E-state index contributed by atoms with van der Waals surface area (Å²) in [6.45, 7) is 0.729. The lowest BCUT2D eigenvalue weighted by molar-refractivity contribution is 0.886. The highest BCUT2D eigenvalue weighted by atomic mass is 35.5.